The number of benzene rings is 1. The molecule has 0 aromatic heterocycles. The molecule has 0 radical (unpaired) electrons. The Morgan fingerprint density at radius 1 is 1.05 bits per heavy atom. The van der Waals surface area contributed by atoms with E-state index in [0.29, 0.717) is 13.2 Å². The average molecular weight is 295 g/mol. The molecule has 1 aromatic rings. The Labute approximate surface area is 126 Å². The Balaban J connectivity index is 1.54. The lowest BCUT2D eigenvalue weighted by Gasteiger charge is -2.18. The molecule has 0 amide bonds. The standard InChI is InChI=1S/C16H25NO4/c1-18-8-2-9-19-10-7-17-6-5-14-3-4-15-16(13-14)21-12-11-20-15/h3-4,13,17H,2,5-12H2,1H3. The van der Waals surface area contributed by atoms with Crippen molar-refractivity contribution in [3.05, 3.63) is 23.8 Å². The topological polar surface area (TPSA) is 49.0 Å². The highest BCUT2D eigenvalue weighted by molar-refractivity contribution is 5.43. The SMILES string of the molecule is COCCCOCCNCCc1ccc2c(c1)OCCO2. The van der Waals surface area contributed by atoms with Crippen LogP contribution in [0.3, 0.4) is 0 Å². The maximum absolute atomic E-state index is 5.58. The first-order valence-electron chi connectivity index (χ1n) is 7.56. The van der Waals surface area contributed by atoms with Crippen molar-refractivity contribution in [2.75, 3.05) is 53.2 Å². The fourth-order valence-corrected chi connectivity index (χ4v) is 2.15. The molecule has 0 unspecified atom stereocenters. The van der Waals surface area contributed by atoms with Crippen LogP contribution in [-0.4, -0.2) is 53.2 Å². The third kappa shape index (κ3) is 5.91. The summed E-state index contributed by atoms with van der Waals surface area (Å²) in [5.41, 5.74) is 1.26. The highest BCUT2D eigenvalue weighted by Gasteiger charge is 2.11. The summed E-state index contributed by atoms with van der Waals surface area (Å²) in [7, 11) is 1.71. The lowest BCUT2D eigenvalue weighted by Crippen LogP contribution is -2.22. The highest BCUT2D eigenvalue weighted by Crippen LogP contribution is 2.30. The van der Waals surface area contributed by atoms with Crippen LogP contribution >= 0.6 is 0 Å². The van der Waals surface area contributed by atoms with Gasteiger partial charge in [0, 0.05) is 26.9 Å². The minimum atomic E-state index is 0.634. The predicted molar refractivity (Wildman–Crippen MR) is 81.3 cm³/mol. The monoisotopic (exact) mass is 295 g/mol. The average Bonchev–Trinajstić information content (AvgIpc) is 2.53. The van der Waals surface area contributed by atoms with Gasteiger partial charge in [0.2, 0.25) is 0 Å². The van der Waals surface area contributed by atoms with Crippen LogP contribution < -0.4 is 14.8 Å². The van der Waals surface area contributed by atoms with Gasteiger partial charge in [-0.25, -0.2) is 0 Å². The van der Waals surface area contributed by atoms with Gasteiger partial charge in [-0.3, -0.25) is 0 Å². The third-order valence-electron chi connectivity index (χ3n) is 3.26. The molecule has 0 saturated heterocycles. The maximum atomic E-state index is 5.58. The lowest BCUT2D eigenvalue weighted by molar-refractivity contribution is 0.104. The number of methoxy groups -OCH3 is 1. The van der Waals surface area contributed by atoms with E-state index in [4.69, 9.17) is 18.9 Å². The zero-order valence-corrected chi connectivity index (χ0v) is 12.7. The third-order valence-corrected chi connectivity index (χ3v) is 3.26. The fourth-order valence-electron chi connectivity index (χ4n) is 2.15. The van der Waals surface area contributed by atoms with Gasteiger partial charge in [-0.2, -0.15) is 0 Å². The molecular formula is C16H25NO4. The molecule has 0 saturated carbocycles. The summed E-state index contributed by atoms with van der Waals surface area (Å²) in [5, 5.41) is 3.38. The van der Waals surface area contributed by atoms with Gasteiger partial charge in [0.1, 0.15) is 13.2 Å². The molecule has 5 heteroatoms. The van der Waals surface area contributed by atoms with E-state index in [1.165, 1.54) is 5.56 Å². The summed E-state index contributed by atoms with van der Waals surface area (Å²) < 4.78 is 21.5. The Bertz CT molecular complexity index is 411. The normalized spacial score (nSPS) is 13.4. The molecule has 1 aromatic carbocycles. The van der Waals surface area contributed by atoms with E-state index in [0.717, 1.165) is 57.3 Å². The van der Waals surface area contributed by atoms with E-state index >= 15 is 0 Å². The molecule has 0 aliphatic carbocycles. The minimum absolute atomic E-state index is 0.634. The Morgan fingerprint density at radius 2 is 1.90 bits per heavy atom. The van der Waals surface area contributed by atoms with Crippen molar-refractivity contribution in [1.29, 1.82) is 0 Å². The van der Waals surface area contributed by atoms with Crippen molar-refractivity contribution in [2.24, 2.45) is 0 Å². The zero-order valence-electron chi connectivity index (χ0n) is 12.7. The second kappa shape index (κ2) is 9.60. The van der Waals surface area contributed by atoms with Crippen molar-refractivity contribution < 1.29 is 18.9 Å². The summed E-state index contributed by atoms with van der Waals surface area (Å²) in [4.78, 5) is 0. The highest BCUT2D eigenvalue weighted by atomic mass is 16.6. The smallest absolute Gasteiger partial charge is 0.161 e. The van der Waals surface area contributed by atoms with Crippen LogP contribution in [-0.2, 0) is 15.9 Å². The number of fused-ring (bicyclic) bond motifs is 1. The van der Waals surface area contributed by atoms with Crippen LogP contribution in [0.15, 0.2) is 18.2 Å². The molecule has 0 spiro atoms. The molecule has 1 N–H and O–H groups in total. The van der Waals surface area contributed by atoms with Crippen LogP contribution in [0.5, 0.6) is 11.5 Å². The first-order valence-corrected chi connectivity index (χ1v) is 7.56. The quantitative estimate of drug-likeness (QED) is 0.665. The predicted octanol–water partition coefficient (Wildman–Crippen LogP) is 1.64. The Morgan fingerprint density at radius 3 is 2.76 bits per heavy atom. The van der Waals surface area contributed by atoms with Gasteiger partial charge in [-0.15, -0.1) is 0 Å². The van der Waals surface area contributed by atoms with Crippen molar-refractivity contribution in [2.45, 2.75) is 12.8 Å². The molecule has 1 aliphatic rings. The van der Waals surface area contributed by atoms with Gasteiger partial charge in [-0.05, 0) is 37.1 Å². The van der Waals surface area contributed by atoms with Crippen molar-refractivity contribution in [1.82, 2.24) is 5.32 Å². The molecule has 0 bridgehead atoms. The Kier molecular flexibility index (Phi) is 7.35. The van der Waals surface area contributed by atoms with Crippen molar-refractivity contribution in [3.63, 3.8) is 0 Å². The van der Waals surface area contributed by atoms with Gasteiger partial charge in [-0.1, -0.05) is 6.07 Å². The number of ether oxygens (including phenoxy) is 4. The van der Waals surface area contributed by atoms with Crippen LogP contribution in [0.2, 0.25) is 0 Å². The number of hydrogen-bond donors (Lipinski definition) is 1. The summed E-state index contributed by atoms with van der Waals surface area (Å²) in [6, 6.07) is 6.15. The van der Waals surface area contributed by atoms with E-state index < -0.39 is 0 Å². The zero-order chi connectivity index (χ0) is 14.8. The molecule has 5 nitrogen and oxygen atoms in total. The van der Waals surface area contributed by atoms with Gasteiger partial charge >= 0.3 is 0 Å². The second-order valence-corrected chi connectivity index (χ2v) is 4.94. The largest absolute Gasteiger partial charge is 0.486 e. The van der Waals surface area contributed by atoms with Crippen LogP contribution in [0, 0.1) is 0 Å². The van der Waals surface area contributed by atoms with E-state index in [9.17, 15) is 0 Å². The molecule has 2 rings (SSSR count). The van der Waals surface area contributed by atoms with E-state index in [1.807, 2.05) is 6.07 Å². The molecule has 118 valence electrons. The van der Waals surface area contributed by atoms with Gasteiger partial charge in [0.25, 0.3) is 0 Å². The van der Waals surface area contributed by atoms with Crippen LogP contribution in [0.4, 0.5) is 0 Å². The summed E-state index contributed by atoms with van der Waals surface area (Å²) >= 11 is 0. The van der Waals surface area contributed by atoms with E-state index in [2.05, 4.69) is 17.4 Å². The fraction of sp³-hybridized carbons (Fsp3) is 0.625. The van der Waals surface area contributed by atoms with Crippen LogP contribution in [0.1, 0.15) is 12.0 Å². The number of hydrogen-bond acceptors (Lipinski definition) is 5. The van der Waals surface area contributed by atoms with E-state index in [-0.39, 0.29) is 0 Å². The summed E-state index contributed by atoms with van der Waals surface area (Å²) in [5.74, 6) is 1.71. The molecular weight excluding hydrogens is 270 g/mol. The van der Waals surface area contributed by atoms with Crippen molar-refractivity contribution >= 4 is 0 Å². The summed E-state index contributed by atoms with van der Waals surface area (Å²) in [6.45, 7) is 5.34. The molecule has 0 atom stereocenters. The maximum Gasteiger partial charge on any atom is 0.161 e. The van der Waals surface area contributed by atoms with Gasteiger partial charge in [0.05, 0.1) is 6.61 Å². The molecule has 21 heavy (non-hydrogen) atoms. The number of nitrogens with one attached hydrogen (secondary N) is 1. The second-order valence-electron chi connectivity index (χ2n) is 4.94. The van der Waals surface area contributed by atoms with Gasteiger partial charge in [0.15, 0.2) is 11.5 Å². The van der Waals surface area contributed by atoms with E-state index in [1.54, 1.807) is 7.11 Å². The Hall–Kier alpha value is -1.30. The van der Waals surface area contributed by atoms with Gasteiger partial charge < -0.3 is 24.3 Å². The van der Waals surface area contributed by atoms with Crippen molar-refractivity contribution in [3.8, 4) is 11.5 Å². The summed E-state index contributed by atoms with van der Waals surface area (Å²) in [6.07, 6.45) is 1.92. The first kappa shape index (κ1) is 16.1. The molecule has 1 aliphatic heterocycles. The number of rotatable bonds is 10. The first-order chi connectivity index (χ1) is 10.4. The molecule has 0 fully saturated rings. The van der Waals surface area contributed by atoms with Crippen LogP contribution in [0.25, 0.3) is 0 Å². The minimum Gasteiger partial charge on any atom is -0.486 e. The lowest BCUT2D eigenvalue weighted by atomic mass is 10.1. The molecule has 1 heterocycles.